The molecule has 0 bridgehead atoms. The van der Waals surface area contributed by atoms with Gasteiger partial charge >= 0.3 is 0 Å². The van der Waals surface area contributed by atoms with E-state index in [4.69, 9.17) is 9.47 Å². The number of rotatable bonds is 7. The Bertz CT molecular complexity index is 836. The van der Waals surface area contributed by atoms with E-state index in [-0.39, 0.29) is 4.90 Å². The normalized spacial score (nSPS) is 11.0. The first-order valence-corrected chi connectivity index (χ1v) is 9.09. The third-order valence-corrected chi connectivity index (χ3v) is 4.98. The van der Waals surface area contributed by atoms with Gasteiger partial charge in [0.15, 0.2) is 11.5 Å². The van der Waals surface area contributed by atoms with Gasteiger partial charge in [0.25, 0.3) is 10.0 Å². The zero-order valence-electron chi connectivity index (χ0n) is 13.2. The van der Waals surface area contributed by atoms with Crippen molar-refractivity contribution in [2.75, 3.05) is 14.2 Å². The molecule has 0 aliphatic heterocycles. The number of hydrogen-bond acceptors (Lipinski definition) is 5. The number of hydrazine groups is 1. The van der Waals surface area contributed by atoms with Crippen LogP contribution in [0, 0.1) is 0 Å². The number of methoxy groups -OCH3 is 2. The van der Waals surface area contributed by atoms with Crippen molar-refractivity contribution in [3.05, 3.63) is 59.1 Å². The van der Waals surface area contributed by atoms with E-state index < -0.39 is 10.0 Å². The Morgan fingerprint density at radius 2 is 1.67 bits per heavy atom. The van der Waals surface area contributed by atoms with E-state index in [1.165, 1.54) is 26.4 Å². The molecule has 0 radical (unpaired) electrons. The number of sulfonamides is 1. The van der Waals surface area contributed by atoms with Crippen LogP contribution in [-0.4, -0.2) is 22.6 Å². The number of hydrogen-bond donors (Lipinski definition) is 2. The lowest BCUT2D eigenvalue weighted by Gasteiger charge is -2.14. The second kappa shape index (κ2) is 7.69. The molecule has 0 atom stereocenters. The number of benzene rings is 2. The Balaban J connectivity index is 2.11. The lowest BCUT2D eigenvalue weighted by Crippen LogP contribution is -2.35. The molecule has 0 heterocycles. The molecule has 128 valence electrons. The molecule has 0 aliphatic carbocycles. The molecule has 24 heavy (non-hydrogen) atoms. The summed E-state index contributed by atoms with van der Waals surface area (Å²) >= 11 is 3.26. The van der Waals surface area contributed by atoms with E-state index in [1.54, 1.807) is 30.3 Å². The molecular weight excluding hydrogens is 396 g/mol. The first-order valence-electron chi connectivity index (χ1n) is 6.82. The fourth-order valence-electron chi connectivity index (χ4n) is 1.90. The monoisotopic (exact) mass is 412 g/mol. The highest BCUT2D eigenvalue weighted by Crippen LogP contribution is 2.29. The van der Waals surface area contributed by atoms with Crippen LogP contribution < -0.4 is 19.7 Å². The highest BCUT2D eigenvalue weighted by molar-refractivity contribution is 9.10. The van der Waals surface area contributed by atoms with Gasteiger partial charge in [-0.15, -0.1) is 4.83 Å². The number of ether oxygens (including phenoxy) is 2. The molecule has 0 unspecified atom stereocenters. The molecule has 2 aromatic rings. The lowest BCUT2D eigenvalue weighted by molar-refractivity contribution is 0.355. The molecule has 2 aromatic carbocycles. The Labute approximate surface area is 149 Å². The molecule has 0 aromatic heterocycles. The Morgan fingerprint density at radius 3 is 2.25 bits per heavy atom. The lowest BCUT2D eigenvalue weighted by atomic mass is 10.1. The van der Waals surface area contributed by atoms with E-state index in [0.29, 0.717) is 22.8 Å². The van der Waals surface area contributed by atoms with E-state index in [0.717, 1.165) is 4.47 Å². The number of halogens is 1. The van der Waals surface area contributed by atoms with Crippen molar-refractivity contribution in [2.24, 2.45) is 0 Å². The third-order valence-electron chi connectivity index (χ3n) is 3.19. The van der Waals surface area contributed by atoms with Crippen LogP contribution in [0.25, 0.3) is 5.70 Å². The van der Waals surface area contributed by atoms with Crippen molar-refractivity contribution >= 4 is 31.7 Å². The predicted molar refractivity (Wildman–Crippen MR) is 96.2 cm³/mol. The maximum Gasteiger partial charge on any atom is 0.257 e. The van der Waals surface area contributed by atoms with Gasteiger partial charge in [0.05, 0.1) is 19.1 Å². The summed E-state index contributed by atoms with van der Waals surface area (Å²) < 4.78 is 35.6. The van der Waals surface area contributed by atoms with Crippen LogP contribution in [0.15, 0.2) is 58.4 Å². The number of nitrogens with one attached hydrogen (secondary N) is 2. The summed E-state index contributed by atoms with van der Waals surface area (Å²) in [5.74, 6) is 1.10. The molecule has 0 aliphatic rings. The summed E-state index contributed by atoms with van der Waals surface area (Å²) in [6.45, 7) is 3.82. The SMILES string of the molecule is C=C(NNS(=O)(=O)c1ccc(Br)cc1)c1ccc(OC)c(OC)c1. The Kier molecular flexibility index (Phi) is 5.87. The largest absolute Gasteiger partial charge is 0.493 e. The van der Waals surface area contributed by atoms with Crippen molar-refractivity contribution in [1.82, 2.24) is 10.3 Å². The van der Waals surface area contributed by atoms with Crippen LogP contribution in [0.1, 0.15) is 5.56 Å². The van der Waals surface area contributed by atoms with Crippen LogP contribution in [0.2, 0.25) is 0 Å². The molecule has 0 fully saturated rings. The van der Waals surface area contributed by atoms with Crippen LogP contribution in [0.5, 0.6) is 11.5 Å². The van der Waals surface area contributed by atoms with Crippen molar-refractivity contribution in [1.29, 1.82) is 0 Å². The van der Waals surface area contributed by atoms with Crippen LogP contribution in [-0.2, 0) is 10.0 Å². The van der Waals surface area contributed by atoms with Gasteiger partial charge in [0.2, 0.25) is 0 Å². The van der Waals surface area contributed by atoms with Gasteiger partial charge in [0.1, 0.15) is 0 Å². The smallest absolute Gasteiger partial charge is 0.257 e. The predicted octanol–water partition coefficient (Wildman–Crippen LogP) is 2.92. The molecule has 2 N–H and O–H groups in total. The van der Waals surface area contributed by atoms with Crippen molar-refractivity contribution in [3.8, 4) is 11.5 Å². The second-order valence-electron chi connectivity index (χ2n) is 4.73. The summed E-state index contributed by atoms with van der Waals surface area (Å²) in [5.41, 5.74) is 3.63. The third kappa shape index (κ3) is 4.28. The maximum atomic E-state index is 12.2. The zero-order valence-corrected chi connectivity index (χ0v) is 15.6. The minimum Gasteiger partial charge on any atom is -0.493 e. The minimum atomic E-state index is -3.71. The second-order valence-corrected chi connectivity index (χ2v) is 7.33. The molecule has 0 amide bonds. The maximum absolute atomic E-state index is 12.2. The van der Waals surface area contributed by atoms with Gasteiger partial charge in [0, 0.05) is 15.7 Å². The zero-order chi connectivity index (χ0) is 17.7. The van der Waals surface area contributed by atoms with E-state index in [1.807, 2.05) is 0 Å². The molecule has 2 rings (SSSR count). The first kappa shape index (κ1) is 18.3. The Hall–Kier alpha value is -2.03. The molecule has 0 saturated carbocycles. The van der Waals surface area contributed by atoms with E-state index in [2.05, 4.69) is 32.8 Å². The molecule has 6 nitrogen and oxygen atoms in total. The van der Waals surface area contributed by atoms with Gasteiger partial charge in [-0.2, -0.15) is 0 Å². The molecular formula is C16H17BrN2O4S. The van der Waals surface area contributed by atoms with Crippen molar-refractivity contribution < 1.29 is 17.9 Å². The summed E-state index contributed by atoms with van der Waals surface area (Å²) in [6.07, 6.45) is 0. The highest BCUT2D eigenvalue weighted by Gasteiger charge is 2.14. The highest BCUT2D eigenvalue weighted by atomic mass is 79.9. The van der Waals surface area contributed by atoms with Gasteiger partial charge in [-0.25, -0.2) is 8.42 Å². The van der Waals surface area contributed by atoms with Gasteiger partial charge in [-0.05, 0) is 42.5 Å². The van der Waals surface area contributed by atoms with Crippen LogP contribution in [0.4, 0.5) is 0 Å². The van der Waals surface area contributed by atoms with E-state index >= 15 is 0 Å². The quantitative estimate of drug-likeness (QED) is 0.683. The summed E-state index contributed by atoms with van der Waals surface area (Å²) in [6, 6.07) is 11.4. The van der Waals surface area contributed by atoms with Crippen LogP contribution >= 0.6 is 15.9 Å². The average Bonchev–Trinajstić information content (AvgIpc) is 2.59. The topological polar surface area (TPSA) is 76.7 Å². The summed E-state index contributed by atoms with van der Waals surface area (Å²) in [4.78, 5) is 2.43. The van der Waals surface area contributed by atoms with Crippen molar-refractivity contribution in [3.63, 3.8) is 0 Å². The molecule has 0 saturated heterocycles. The first-order chi connectivity index (χ1) is 11.4. The minimum absolute atomic E-state index is 0.137. The van der Waals surface area contributed by atoms with Crippen molar-refractivity contribution in [2.45, 2.75) is 4.90 Å². The summed E-state index contributed by atoms with van der Waals surface area (Å²) in [5, 5.41) is 0. The molecule has 8 heteroatoms. The fourth-order valence-corrected chi connectivity index (χ4v) is 3.03. The van der Waals surface area contributed by atoms with E-state index in [9.17, 15) is 8.42 Å². The van der Waals surface area contributed by atoms with Gasteiger partial charge in [-0.1, -0.05) is 22.5 Å². The fraction of sp³-hybridized carbons (Fsp3) is 0.125. The van der Waals surface area contributed by atoms with Gasteiger partial charge < -0.3 is 14.9 Å². The van der Waals surface area contributed by atoms with Crippen LogP contribution in [0.3, 0.4) is 0 Å². The average molecular weight is 413 g/mol. The Morgan fingerprint density at radius 1 is 1.04 bits per heavy atom. The summed E-state index contributed by atoms with van der Waals surface area (Å²) in [7, 11) is -0.647. The standard InChI is InChI=1S/C16H17BrN2O4S/c1-11(12-4-9-15(22-2)16(10-12)23-3)18-19-24(20,21)14-7-5-13(17)6-8-14/h4-10,18-19H,1H2,2-3H3. The molecule has 0 spiro atoms. The van der Waals surface area contributed by atoms with Gasteiger partial charge in [-0.3, -0.25) is 0 Å².